The fourth-order valence-corrected chi connectivity index (χ4v) is 3.02. The minimum absolute atomic E-state index is 0.0446. The van der Waals surface area contributed by atoms with E-state index in [2.05, 4.69) is 29.6 Å². The van der Waals surface area contributed by atoms with Gasteiger partial charge >= 0.3 is 0 Å². The maximum Gasteiger partial charge on any atom is 0.238 e. The Hall–Kier alpha value is -3.09. The molecule has 0 aliphatic carbocycles. The molecule has 2 aromatic carbocycles. The lowest BCUT2D eigenvalue weighted by molar-refractivity contribution is -0.115. The molecule has 158 valence electrons. The predicted octanol–water partition coefficient (Wildman–Crippen LogP) is 4.14. The van der Waals surface area contributed by atoms with Gasteiger partial charge in [0.1, 0.15) is 11.5 Å². The standard InChI is InChI=1S/C24H30N4O2/c1-27(2)16-4-3-15-25-19-24(29)26-20-7-11-22(12-8-20)30-23-13-9-21(10-14-23)28-17-5-6-18-28/h5-14,17-18,25H,3-4,15-16,19H2,1-2H3,(H,26,29). The van der Waals surface area contributed by atoms with E-state index in [0.717, 1.165) is 48.8 Å². The molecule has 0 atom stereocenters. The Kier molecular flexibility index (Phi) is 8.06. The van der Waals surface area contributed by atoms with E-state index in [1.54, 1.807) is 0 Å². The van der Waals surface area contributed by atoms with Crippen LogP contribution in [0.1, 0.15) is 12.8 Å². The van der Waals surface area contributed by atoms with Crippen LogP contribution in [0.4, 0.5) is 5.69 Å². The van der Waals surface area contributed by atoms with E-state index in [9.17, 15) is 4.79 Å². The van der Waals surface area contributed by atoms with Gasteiger partial charge < -0.3 is 24.8 Å². The van der Waals surface area contributed by atoms with Crippen molar-refractivity contribution in [2.75, 3.05) is 39.0 Å². The van der Waals surface area contributed by atoms with Gasteiger partial charge in [-0.15, -0.1) is 0 Å². The zero-order valence-corrected chi connectivity index (χ0v) is 17.7. The monoisotopic (exact) mass is 406 g/mol. The second kappa shape index (κ2) is 11.2. The largest absolute Gasteiger partial charge is 0.457 e. The van der Waals surface area contributed by atoms with Gasteiger partial charge in [-0.1, -0.05) is 0 Å². The van der Waals surface area contributed by atoms with Gasteiger partial charge in [0.2, 0.25) is 5.91 Å². The lowest BCUT2D eigenvalue weighted by atomic mass is 10.2. The zero-order valence-electron chi connectivity index (χ0n) is 17.7. The van der Waals surface area contributed by atoms with Crippen molar-refractivity contribution in [2.24, 2.45) is 0 Å². The average Bonchev–Trinajstić information content (AvgIpc) is 3.27. The topological polar surface area (TPSA) is 58.5 Å². The number of ether oxygens (including phenoxy) is 1. The Balaban J connectivity index is 1.41. The Morgan fingerprint density at radius 1 is 0.933 bits per heavy atom. The number of rotatable bonds is 11. The highest BCUT2D eigenvalue weighted by atomic mass is 16.5. The summed E-state index contributed by atoms with van der Waals surface area (Å²) >= 11 is 0. The second-order valence-electron chi connectivity index (χ2n) is 7.45. The molecule has 0 spiro atoms. The summed E-state index contributed by atoms with van der Waals surface area (Å²) in [4.78, 5) is 14.2. The number of anilines is 1. The van der Waals surface area contributed by atoms with Crippen molar-refractivity contribution < 1.29 is 9.53 Å². The van der Waals surface area contributed by atoms with E-state index in [-0.39, 0.29) is 5.91 Å². The quantitative estimate of drug-likeness (QED) is 0.470. The number of nitrogens with one attached hydrogen (secondary N) is 2. The number of carbonyl (C=O) groups is 1. The third kappa shape index (κ3) is 7.06. The summed E-state index contributed by atoms with van der Waals surface area (Å²) in [7, 11) is 4.13. The Morgan fingerprint density at radius 3 is 2.20 bits per heavy atom. The van der Waals surface area contributed by atoms with E-state index in [4.69, 9.17) is 4.74 Å². The number of hydrogen-bond acceptors (Lipinski definition) is 4. The molecule has 0 unspecified atom stereocenters. The third-order valence-electron chi connectivity index (χ3n) is 4.61. The average molecular weight is 407 g/mol. The van der Waals surface area contributed by atoms with Crippen molar-refractivity contribution in [2.45, 2.75) is 12.8 Å². The first-order chi connectivity index (χ1) is 14.6. The minimum atomic E-state index is -0.0446. The lowest BCUT2D eigenvalue weighted by Gasteiger charge is -2.10. The molecule has 0 radical (unpaired) electrons. The second-order valence-corrected chi connectivity index (χ2v) is 7.45. The summed E-state index contributed by atoms with van der Waals surface area (Å²) in [5, 5.41) is 6.08. The molecule has 0 bridgehead atoms. The molecular weight excluding hydrogens is 376 g/mol. The SMILES string of the molecule is CN(C)CCCCNCC(=O)Nc1ccc(Oc2ccc(-n3cccc3)cc2)cc1. The summed E-state index contributed by atoms with van der Waals surface area (Å²) in [6.45, 7) is 2.23. The molecule has 0 saturated heterocycles. The summed E-state index contributed by atoms with van der Waals surface area (Å²) in [6.07, 6.45) is 6.19. The number of benzene rings is 2. The summed E-state index contributed by atoms with van der Waals surface area (Å²) < 4.78 is 7.93. The number of carbonyl (C=O) groups excluding carboxylic acids is 1. The summed E-state index contributed by atoms with van der Waals surface area (Å²) in [5.41, 5.74) is 1.83. The van der Waals surface area contributed by atoms with Crippen molar-refractivity contribution in [1.29, 1.82) is 0 Å². The number of unbranched alkanes of at least 4 members (excludes halogenated alkanes) is 1. The van der Waals surface area contributed by atoms with Gasteiger partial charge in [-0.05, 0) is 101 Å². The van der Waals surface area contributed by atoms with Crippen LogP contribution >= 0.6 is 0 Å². The molecule has 0 aliphatic heterocycles. The highest BCUT2D eigenvalue weighted by Gasteiger charge is 2.03. The first-order valence-corrected chi connectivity index (χ1v) is 10.3. The van der Waals surface area contributed by atoms with Crippen LogP contribution in [0, 0.1) is 0 Å². The number of amides is 1. The van der Waals surface area contributed by atoms with Crippen molar-refractivity contribution in [1.82, 2.24) is 14.8 Å². The molecule has 1 amide bonds. The minimum Gasteiger partial charge on any atom is -0.457 e. The third-order valence-corrected chi connectivity index (χ3v) is 4.61. The van der Waals surface area contributed by atoms with Crippen LogP contribution in [-0.4, -0.2) is 49.1 Å². The first kappa shape index (κ1) is 21.6. The Labute approximate surface area is 178 Å². The predicted molar refractivity (Wildman–Crippen MR) is 122 cm³/mol. The smallest absolute Gasteiger partial charge is 0.238 e. The fourth-order valence-electron chi connectivity index (χ4n) is 3.02. The highest BCUT2D eigenvalue weighted by Crippen LogP contribution is 2.24. The van der Waals surface area contributed by atoms with Crippen LogP contribution in [0.15, 0.2) is 73.1 Å². The maximum atomic E-state index is 12.0. The zero-order chi connectivity index (χ0) is 21.2. The van der Waals surface area contributed by atoms with E-state index >= 15 is 0 Å². The number of hydrogen-bond donors (Lipinski definition) is 2. The van der Waals surface area contributed by atoms with E-state index in [1.807, 2.05) is 77.6 Å². The molecule has 3 rings (SSSR count). The number of aromatic nitrogens is 1. The van der Waals surface area contributed by atoms with Gasteiger partial charge in [-0.2, -0.15) is 0 Å². The van der Waals surface area contributed by atoms with Gasteiger partial charge in [0.05, 0.1) is 6.54 Å². The molecule has 0 aliphatic rings. The van der Waals surface area contributed by atoms with Gasteiger partial charge in [-0.3, -0.25) is 4.79 Å². The fraction of sp³-hybridized carbons (Fsp3) is 0.292. The van der Waals surface area contributed by atoms with Crippen molar-refractivity contribution in [3.05, 3.63) is 73.1 Å². The molecule has 6 heteroatoms. The summed E-state index contributed by atoms with van der Waals surface area (Å²) in [6, 6.07) is 19.3. The highest BCUT2D eigenvalue weighted by molar-refractivity contribution is 5.92. The van der Waals surface area contributed by atoms with Crippen LogP contribution < -0.4 is 15.4 Å². The molecule has 2 N–H and O–H groups in total. The van der Waals surface area contributed by atoms with Crippen LogP contribution in [0.3, 0.4) is 0 Å². The molecule has 3 aromatic rings. The van der Waals surface area contributed by atoms with Crippen LogP contribution in [0.5, 0.6) is 11.5 Å². The normalized spacial score (nSPS) is 10.9. The van der Waals surface area contributed by atoms with E-state index in [1.165, 1.54) is 0 Å². The first-order valence-electron chi connectivity index (χ1n) is 10.3. The molecular formula is C24H30N4O2. The van der Waals surface area contributed by atoms with Gasteiger partial charge in [-0.25, -0.2) is 0 Å². The molecule has 6 nitrogen and oxygen atoms in total. The van der Waals surface area contributed by atoms with Crippen LogP contribution in [-0.2, 0) is 4.79 Å². The van der Waals surface area contributed by atoms with Gasteiger partial charge in [0.25, 0.3) is 0 Å². The van der Waals surface area contributed by atoms with E-state index in [0.29, 0.717) is 6.54 Å². The van der Waals surface area contributed by atoms with Gasteiger partial charge in [0, 0.05) is 23.8 Å². The van der Waals surface area contributed by atoms with Crippen molar-refractivity contribution >= 4 is 11.6 Å². The molecule has 1 heterocycles. The summed E-state index contributed by atoms with van der Waals surface area (Å²) in [5.74, 6) is 1.44. The Morgan fingerprint density at radius 2 is 1.57 bits per heavy atom. The van der Waals surface area contributed by atoms with Gasteiger partial charge in [0.15, 0.2) is 0 Å². The molecule has 0 saturated carbocycles. The van der Waals surface area contributed by atoms with Crippen molar-refractivity contribution in [3.63, 3.8) is 0 Å². The van der Waals surface area contributed by atoms with Crippen LogP contribution in [0.25, 0.3) is 5.69 Å². The molecule has 0 fully saturated rings. The van der Waals surface area contributed by atoms with Crippen LogP contribution in [0.2, 0.25) is 0 Å². The van der Waals surface area contributed by atoms with E-state index < -0.39 is 0 Å². The molecule has 30 heavy (non-hydrogen) atoms. The Bertz CT molecular complexity index is 888. The van der Waals surface area contributed by atoms with Crippen molar-refractivity contribution in [3.8, 4) is 17.2 Å². The lowest BCUT2D eigenvalue weighted by Crippen LogP contribution is -2.29. The maximum absolute atomic E-state index is 12.0. The number of nitrogens with zero attached hydrogens (tertiary/aromatic N) is 2. The molecule has 1 aromatic heterocycles.